The molecule has 0 saturated heterocycles. The second kappa shape index (κ2) is 12.5. The van der Waals surface area contributed by atoms with Crippen molar-refractivity contribution in [2.24, 2.45) is 0 Å². The molecule has 1 aliphatic rings. The lowest BCUT2D eigenvalue weighted by molar-refractivity contribution is 0.315. The number of hydrogen-bond acceptors (Lipinski definition) is 6. The van der Waals surface area contributed by atoms with E-state index in [9.17, 15) is 8.42 Å². The van der Waals surface area contributed by atoms with Gasteiger partial charge in [0.05, 0.1) is 13.4 Å². The topological polar surface area (TPSA) is 92.3 Å². The van der Waals surface area contributed by atoms with Gasteiger partial charge in [-0.1, -0.05) is 6.07 Å². The van der Waals surface area contributed by atoms with Crippen molar-refractivity contribution < 1.29 is 13.2 Å². The van der Waals surface area contributed by atoms with Crippen LogP contribution in [0.1, 0.15) is 31.2 Å². The first-order valence-corrected chi connectivity index (χ1v) is 11.8. The Morgan fingerprint density at radius 3 is 2.23 bits per heavy atom. The summed E-state index contributed by atoms with van der Waals surface area (Å²) in [5, 5.41) is 7.04. The number of aromatic nitrogens is 1. The van der Waals surface area contributed by atoms with E-state index < -0.39 is 10.0 Å². The number of hydrogen-bond donors (Lipinski definition) is 3. The van der Waals surface area contributed by atoms with Crippen LogP contribution in [0.4, 0.5) is 5.82 Å². The van der Waals surface area contributed by atoms with Gasteiger partial charge < -0.3 is 15.4 Å². The molecule has 1 heterocycles. The molecule has 0 aliphatic heterocycles. The Bertz CT molecular complexity index is 919. The Morgan fingerprint density at radius 2 is 1.68 bits per heavy atom. The molecule has 0 bridgehead atoms. The van der Waals surface area contributed by atoms with Gasteiger partial charge in [0.25, 0.3) is 0 Å². The van der Waals surface area contributed by atoms with Gasteiger partial charge in [-0.05, 0) is 62.6 Å². The number of ether oxygens (including phenoxy) is 1. The zero-order valence-electron chi connectivity index (χ0n) is 18.1. The van der Waals surface area contributed by atoms with E-state index in [0.29, 0.717) is 17.9 Å². The number of nitrogens with one attached hydrogen (secondary N) is 3. The summed E-state index contributed by atoms with van der Waals surface area (Å²) in [6.07, 6.45) is 7.52. The number of pyridine rings is 1. The first kappa shape index (κ1) is 27.5. The Balaban J connectivity index is 0.00000240. The number of sulfonamides is 1. The van der Waals surface area contributed by atoms with Crippen molar-refractivity contribution >= 4 is 40.7 Å². The van der Waals surface area contributed by atoms with Crippen molar-refractivity contribution in [3.8, 4) is 16.9 Å². The summed E-state index contributed by atoms with van der Waals surface area (Å²) in [7, 11) is 0.384. The van der Waals surface area contributed by atoms with Gasteiger partial charge in [-0.2, -0.15) is 0 Å². The average molecular weight is 491 g/mol. The molecule has 0 amide bonds. The van der Waals surface area contributed by atoms with Crippen LogP contribution in [0.5, 0.6) is 5.75 Å². The molecular weight excluding hydrogens is 459 g/mol. The van der Waals surface area contributed by atoms with Crippen molar-refractivity contribution in [1.82, 2.24) is 15.6 Å². The minimum atomic E-state index is -3.34. The molecule has 10 heteroatoms. The molecule has 1 aromatic carbocycles. The van der Waals surface area contributed by atoms with Crippen LogP contribution in [0.25, 0.3) is 11.1 Å². The van der Waals surface area contributed by atoms with Crippen molar-refractivity contribution in [1.29, 1.82) is 0 Å². The molecule has 2 aromatic rings. The SMILES string of the molecule is CNC1CCC(NCc2cc(-c3ccc(NS(C)(=O)=O)nc3)ccc2OC)CC1.Cl.Cl. The fourth-order valence-electron chi connectivity index (χ4n) is 3.75. The molecular formula is C21H32Cl2N4O3S. The normalized spacial score (nSPS) is 18.4. The summed E-state index contributed by atoms with van der Waals surface area (Å²) < 4.78 is 30.6. The summed E-state index contributed by atoms with van der Waals surface area (Å²) in [4.78, 5) is 4.20. The number of rotatable bonds is 8. The van der Waals surface area contributed by atoms with Crippen LogP contribution < -0.4 is 20.1 Å². The molecule has 1 aromatic heterocycles. The van der Waals surface area contributed by atoms with E-state index in [2.05, 4.69) is 26.4 Å². The predicted molar refractivity (Wildman–Crippen MR) is 131 cm³/mol. The first-order valence-electron chi connectivity index (χ1n) is 9.89. The lowest BCUT2D eigenvalue weighted by Gasteiger charge is -2.29. The first-order chi connectivity index (χ1) is 13.9. The molecule has 174 valence electrons. The fourth-order valence-corrected chi connectivity index (χ4v) is 4.25. The monoisotopic (exact) mass is 490 g/mol. The van der Waals surface area contributed by atoms with Crippen molar-refractivity contribution in [3.63, 3.8) is 0 Å². The summed E-state index contributed by atoms with van der Waals surface area (Å²) in [5.74, 6) is 1.16. The summed E-state index contributed by atoms with van der Waals surface area (Å²) in [5.41, 5.74) is 3.03. The highest BCUT2D eigenvalue weighted by atomic mass is 35.5. The molecule has 0 atom stereocenters. The highest BCUT2D eigenvalue weighted by Gasteiger charge is 2.19. The van der Waals surface area contributed by atoms with Gasteiger partial charge in [-0.15, -0.1) is 24.8 Å². The maximum atomic E-state index is 11.3. The highest BCUT2D eigenvalue weighted by molar-refractivity contribution is 7.92. The maximum absolute atomic E-state index is 11.3. The van der Waals surface area contributed by atoms with Gasteiger partial charge in [0.1, 0.15) is 11.6 Å². The number of methoxy groups -OCH3 is 1. The largest absolute Gasteiger partial charge is 0.496 e. The number of anilines is 1. The zero-order valence-corrected chi connectivity index (χ0v) is 20.5. The van der Waals surface area contributed by atoms with Crippen LogP contribution in [0, 0.1) is 0 Å². The van der Waals surface area contributed by atoms with Crippen LogP contribution in [0.3, 0.4) is 0 Å². The lowest BCUT2D eigenvalue weighted by Crippen LogP contribution is -2.38. The standard InChI is InChI=1S/C21H30N4O3S.2ClH/c1-22-18-6-8-19(9-7-18)23-14-17-12-15(4-10-20(17)28-2)16-5-11-21(24-13-16)25-29(3,26)27;;/h4-5,10-13,18-19,22-23H,6-9,14H2,1-3H3,(H,24,25);2*1H. The highest BCUT2D eigenvalue weighted by Crippen LogP contribution is 2.28. The van der Waals surface area contributed by atoms with Crippen LogP contribution in [-0.2, 0) is 16.6 Å². The van der Waals surface area contributed by atoms with E-state index in [-0.39, 0.29) is 24.8 Å². The molecule has 1 aliphatic carbocycles. The Hall–Kier alpha value is -1.58. The van der Waals surface area contributed by atoms with Gasteiger partial charge in [0, 0.05) is 36.0 Å². The molecule has 0 radical (unpaired) electrons. The fraction of sp³-hybridized carbons (Fsp3) is 0.476. The van der Waals surface area contributed by atoms with Crippen LogP contribution >= 0.6 is 24.8 Å². The van der Waals surface area contributed by atoms with Gasteiger partial charge in [0.15, 0.2) is 0 Å². The Kier molecular flexibility index (Phi) is 11.0. The Labute approximate surface area is 197 Å². The number of nitrogens with zero attached hydrogens (tertiary/aromatic N) is 1. The molecule has 1 fully saturated rings. The molecule has 3 N–H and O–H groups in total. The van der Waals surface area contributed by atoms with Crippen LogP contribution in [-0.4, -0.2) is 45.9 Å². The smallest absolute Gasteiger partial charge is 0.230 e. The summed E-state index contributed by atoms with van der Waals surface area (Å²) >= 11 is 0. The van der Waals surface area contributed by atoms with Crippen LogP contribution in [0.15, 0.2) is 36.5 Å². The summed E-state index contributed by atoms with van der Waals surface area (Å²) in [6.45, 7) is 0.743. The molecule has 7 nitrogen and oxygen atoms in total. The van der Waals surface area contributed by atoms with E-state index in [1.165, 1.54) is 25.7 Å². The third kappa shape index (κ3) is 8.12. The van der Waals surface area contributed by atoms with Crippen LogP contribution in [0.2, 0.25) is 0 Å². The molecule has 0 spiro atoms. The van der Waals surface area contributed by atoms with Crippen molar-refractivity contribution in [2.45, 2.75) is 44.3 Å². The maximum Gasteiger partial charge on any atom is 0.230 e. The zero-order chi connectivity index (χ0) is 20.9. The van der Waals surface area contributed by atoms with E-state index in [1.54, 1.807) is 19.4 Å². The second-order valence-electron chi connectivity index (χ2n) is 7.55. The molecule has 0 unspecified atom stereocenters. The minimum Gasteiger partial charge on any atom is -0.496 e. The van der Waals surface area contributed by atoms with Gasteiger partial charge in [-0.25, -0.2) is 13.4 Å². The van der Waals surface area contributed by atoms with E-state index in [1.807, 2.05) is 25.2 Å². The molecule has 3 rings (SSSR count). The van der Waals surface area contributed by atoms with Gasteiger partial charge in [-0.3, -0.25) is 4.72 Å². The van der Waals surface area contributed by atoms with Crippen molar-refractivity contribution in [2.75, 3.05) is 25.1 Å². The third-order valence-electron chi connectivity index (χ3n) is 5.38. The van der Waals surface area contributed by atoms with Gasteiger partial charge in [0.2, 0.25) is 10.0 Å². The second-order valence-corrected chi connectivity index (χ2v) is 9.30. The number of halogens is 2. The lowest BCUT2D eigenvalue weighted by atomic mass is 9.91. The van der Waals surface area contributed by atoms with E-state index >= 15 is 0 Å². The van der Waals surface area contributed by atoms with E-state index in [4.69, 9.17) is 4.74 Å². The average Bonchev–Trinajstić information content (AvgIpc) is 2.72. The van der Waals surface area contributed by atoms with Gasteiger partial charge >= 0.3 is 0 Å². The molecule has 1 saturated carbocycles. The predicted octanol–water partition coefficient (Wildman–Crippen LogP) is 3.59. The molecule has 31 heavy (non-hydrogen) atoms. The quantitative estimate of drug-likeness (QED) is 0.523. The van der Waals surface area contributed by atoms with Crippen molar-refractivity contribution in [3.05, 3.63) is 42.1 Å². The number of benzene rings is 1. The van der Waals surface area contributed by atoms with E-state index in [0.717, 1.165) is 35.2 Å². The summed E-state index contributed by atoms with van der Waals surface area (Å²) in [6, 6.07) is 10.7. The third-order valence-corrected chi connectivity index (χ3v) is 5.96. The Morgan fingerprint density at radius 1 is 1.03 bits per heavy atom. The minimum absolute atomic E-state index is 0.